The predicted molar refractivity (Wildman–Crippen MR) is 85.0 cm³/mol. The van der Waals surface area contributed by atoms with Crippen LogP contribution in [0, 0.1) is 23.7 Å². The summed E-state index contributed by atoms with van der Waals surface area (Å²) < 4.78 is 0. The molecule has 0 aromatic rings. The van der Waals surface area contributed by atoms with E-state index in [-0.39, 0.29) is 0 Å². The third-order valence-corrected chi connectivity index (χ3v) is 4.94. The molecule has 0 aliphatic heterocycles. The Hall–Kier alpha value is -0.780. The second kappa shape index (κ2) is 7.72. The number of hydrogen-bond donors (Lipinski definition) is 0. The molecule has 0 spiro atoms. The Labute approximate surface area is 119 Å². The van der Waals surface area contributed by atoms with Crippen molar-refractivity contribution in [3.8, 4) is 0 Å². The van der Waals surface area contributed by atoms with Gasteiger partial charge in [-0.3, -0.25) is 0 Å². The van der Waals surface area contributed by atoms with Crippen molar-refractivity contribution in [2.45, 2.75) is 58.3 Å². The second-order valence-corrected chi connectivity index (χ2v) is 6.47. The SMILES string of the molecule is C=CC1CCC(/C=C/C2C=CC(CCC)CC2)CC1. The molecule has 2 aliphatic carbocycles. The third kappa shape index (κ3) is 4.67. The molecule has 1 fully saturated rings. The maximum atomic E-state index is 3.92. The first kappa shape index (κ1) is 14.6. The Morgan fingerprint density at radius 1 is 0.947 bits per heavy atom. The van der Waals surface area contributed by atoms with Gasteiger partial charge in [0.15, 0.2) is 0 Å². The molecule has 0 amide bonds. The van der Waals surface area contributed by atoms with E-state index in [0.29, 0.717) is 5.92 Å². The lowest BCUT2D eigenvalue weighted by Crippen LogP contribution is -2.12. The summed E-state index contributed by atoms with van der Waals surface area (Å²) in [4.78, 5) is 0. The van der Waals surface area contributed by atoms with E-state index >= 15 is 0 Å². The Kier molecular flexibility index (Phi) is 5.94. The average Bonchev–Trinajstić information content (AvgIpc) is 2.47. The summed E-state index contributed by atoms with van der Waals surface area (Å²) in [7, 11) is 0. The fourth-order valence-electron chi connectivity index (χ4n) is 3.54. The van der Waals surface area contributed by atoms with Gasteiger partial charge in [0.2, 0.25) is 0 Å². The summed E-state index contributed by atoms with van der Waals surface area (Å²) >= 11 is 0. The molecule has 1 saturated carbocycles. The monoisotopic (exact) mass is 258 g/mol. The van der Waals surface area contributed by atoms with E-state index in [0.717, 1.165) is 17.8 Å². The lowest BCUT2D eigenvalue weighted by Gasteiger charge is -2.25. The van der Waals surface area contributed by atoms with Gasteiger partial charge in [0.05, 0.1) is 0 Å². The standard InChI is InChI=1S/C19H30/c1-3-5-17-10-12-19(13-11-17)15-14-18-8-6-16(4-2)7-9-18/h4,10,12,14-19H,2-3,5-9,11,13H2,1H3/b15-14+. The van der Waals surface area contributed by atoms with Crippen LogP contribution < -0.4 is 0 Å². The Morgan fingerprint density at radius 3 is 2.26 bits per heavy atom. The van der Waals surface area contributed by atoms with E-state index in [1.165, 1.54) is 51.4 Å². The molecule has 0 aromatic carbocycles. The smallest absolute Gasteiger partial charge is 0.00531 e. The first-order valence-electron chi connectivity index (χ1n) is 8.31. The van der Waals surface area contributed by atoms with Crippen LogP contribution in [0.5, 0.6) is 0 Å². The van der Waals surface area contributed by atoms with Gasteiger partial charge in [-0.1, -0.05) is 43.7 Å². The molecule has 0 nitrogen and oxygen atoms in total. The summed E-state index contributed by atoms with van der Waals surface area (Å²) in [5.74, 6) is 3.19. The predicted octanol–water partition coefficient (Wildman–Crippen LogP) is 5.92. The van der Waals surface area contributed by atoms with E-state index in [9.17, 15) is 0 Å². The summed E-state index contributed by atoms with van der Waals surface area (Å²) in [6.07, 6.45) is 22.9. The van der Waals surface area contributed by atoms with Gasteiger partial charge in [-0.2, -0.15) is 0 Å². The van der Waals surface area contributed by atoms with Gasteiger partial charge < -0.3 is 0 Å². The van der Waals surface area contributed by atoms with Crippen LogP contribution in [0.1, 0.15) is 58.3 Å². The second-order valence-electron chi connectivity index (χ2n) is 6.47. The number of allylic oxidation sites excluding steroid dienone is 5. The zero-order valence-electron chi connectivity index (χ0n) is 12.6. The maximum absolute atomic E-state index is 3.92. The van der Waals surface area contributed by atoms with E-state index in [1.807, 2.05) is 0 Å². The largest absolute Gasteiger partial charge is 0.103 e. The van der Waals surface area contributed by atoms with Crippen molar-refractivity contribution in [2.75, 3.05) is 0 Å². The van der Waals surface area contributed by atoms with Crippen molar-refractivity contribution in [2.24, 2.45) is 23.7 Å². The highest BCUT2D eigenvalue weighted by Crippen LogP contribution is 2.31. The molecular weight excluding hydrogens is 228 g/mol. The fraction of sp³-hybridized carbons (Fsp3) is 0.684. The summed E-state index contributed by atoms with van der Waals surface area (Å²) in [6.45, 7) is 6.21. The van der Waals surface area contributed by atoms with Crippen molar-refractivity contribution >= 4 is 0 Å². The lowest BCUT2D eigenvalue weighted by atomic mass is 9.80. The minimum Gasteiger partial charge on any atom is -0.103 e. The molecule has 0 N–H and O–H groups in total. The molecule has 0 bridgehead atoms. The summed E-state index contributed by atoms with van der Waals surface area (Å²) in [6, 6.07) is 0. The van der Waals surface area contributed by atoms with E-state index in [2.05, 4.69) is 43.9 Å². The van der Waals surface area contributed by atoms with Crippen LogP contribution in [0.2, 0.25) is 0 Å². The molecule has 2 atom stereocenters. The quantitative estimate of drug-likeness (QED) is 0.537. The van der Waals surface area contributed by atoms with E-state index in [4.69, 9.17) is 0 Å². The van der Waals surface area contributed by atoms with E-state index in [1.54, 1.807) is 0 Å². The third-order valence-electron chi connectivity index (χ3n) is 4.94. The summed E-state index contributed by atoms with van der Waals surface area (Å²) in [5, 5.41) is 0. The molecule has 2 aliphatic rings. The highest BCUT2D eigenvalue weighted by Gasteiger charge is 2.18. The molecule has 2 unspecified atom stereocenters. The van der Waals surface area contributed by atoms with Gasteiger partial charge in [0.1, 0.15) is 0 Å². The Bertz CT molecular complexity index is 315. The zero-order chi connectivity index (χ0) is 13.5. The minimum atomic E-state index is 0.713. The van der Waals surface area contributed by atoms with Gasteiger partial charge in [-0.05, 0) is 68.6 Å². The van der Waals surface area contributed by atoms with Gasteiger partial charge in [0, 0.05) is 0 Å². The molecule has 106 valence electrons. The van der Waals surface area contributed by atoms with Crippen molar-refractivity contribution in [1.29, 1.82) is 0 Å². The van der Waals surface area contributed by atoms with E-state index < -0.39 is 0 Å². The van der Waals surface area contributed by atoms with Crippen molar-refractivity contribution in [3.63, 3.8) is 0 Å². The highest BCUT2D eigenvalue weighted by molar-refractivity contribution is 5.07. The Balaban J connectivity index is 1.74. The lowest BCUT2D eigenvalue weighted by molar-refractivity contribution is 0.355. The average molecular weight is 258 g/mol. The normalized spacial score (nSPS) is 35.6. The van der Waals surface area contributed by atoms with Gasteiger partial charge in [-0.25, -0.2) is 0 Å². The van der Waals surface area contributed by atoms with Crippen LogP contribution in [-0.2, 0) is 0 Å². The van der Waals surface area contributed by atoms with Gasteiger partial charge in [-0.15, -0.1) is 6.58 Å². The van der Waals surface area contributed by atoms with Crippen LogP contribution >= 0.6 is 0 Å². The topological polar surface area (TPSA) is 0 Å². The zero-order valence-corrected chi connectivity index (χ0v) is 12.6. The van der Waals surface area contributed by atoms with Crippen LogP contribution in [0.15, 0.2) is 37.0 Å². The highest BCUT2D eigenvalue weighted by atomic mass is 14.2. The van der Waals surface area contributed by atoms with Crippen LogP contribution in [0.3, 0.4) is 0 Å². The Morgan fingerprint density at radius 2 is 1.68 bits per heavy atom. The molecule has 19 heavy (non-hydrogen) atoms. The molecule has 0 saturated heterocycles. The van der Waals surface area contributed by atoms with Gasteiger partial charge >= 0.3 is 0 Å². The fourth-order valence-corrected chi connectivity index (χ4v) is 3.54. The van der Waals surface area contributed by atoms with Crippen LogP contribution in [-0.4, -0.2) is 0 Å². The number of rotatable bonds is 5. The first-order valence-corrected chi connectivity index (χ1v) is 8.31. The van der Waals surface area contributed by atoms with Crippen LogP contribution in [0.4, 0.5) is 0 Å². The molecule has 0 heterocycles. The molecule has 0 aromatic heterocycles. The van der Waals surface area contributed by atoms with Crippen molar-refractivity contribution < 1.29 is 0 Å². The molecule has 0 radical (unpaired) electrons. The molecule has 0 heteroatoms. The van der Waals surface area contributed by atoms with Crippen molar-refractivity contribution in [3.05, 3.63) is 37.0 Å². The first-order chi connectivity index (χ1) is 9.31. The van der Waals surface area contributed by atoms with Crippen LogP contribution in [0.25, 0.3) is 0 Å². The maximum Gasteiger partial charge on any atom is -0.00531 e. The summed E-state index contributed by atoms with van der Waals surface area (Å²) in [5.41, 5.74) is 0. The minimum absolute atomic E-state index is 0.713. The number of hydrogen-bond acceptors (Lipinski definition) is 0. The molecule has 2 rings (SSSR count). The molecular formula is C19H30. The van der Waals surface area contributed by atoms with Crippen molar-refractivity contribution in [1.82, 2.24) is 0 Å². The van der Waals surface area contributed by atoms with Gasteiger partial charge in [0.25, 0.3) is 0 Å².